The topological polar surface area (TPSA) is 130 Å². The summed E-state index contributed by atoms with van der Waals surface area (Å²) in [6, 6.07) is 7.08. The lowest BCUT2D eigenvalue weighted by Crippen LogP contribution is -2.32. The third kappa shape index (κ3) is 6.42. The van der Waals surface area contributed by atoms with Crippen LogP contribution < -0.4 is 15.6 Å². The number of aromatic amines is 1. The predicted octanol–water partition coefficient (Wildman–Crippen LogP) is 2.80. The number of nitrogens with one attached hydrogen (secondary N) is 3. The molecule has 34 heavy (non-hydrogen) atoms. The summed E-state index contributed by atoms with van der Waals surface area (Å²) in [5, 5.41) is 5.53. The lowest BCUT2D eigenvalue weighted by atomic mass is 10.1. The van der Waals surface area contributed by atoms with Gasteiger partial charge in [-0.3, -0.25) is 9.59 Å². The van der Waals surface area contributed by atoms with Crippen molar-refractivity contribution < 1.29 is 17.9 Å². The molecule has 2 heterocycles. The molecule has 1 fully saturated rings. The Labute approximate surface area is 205 Å². The number of hydrogen-bond donors (Lipinski definition) is 3. The van der Waals surface area contributed by atoms with E-state index in [4.69, 9.17) is 16.3 Å². The van der Waals surface area contributed by atoms with Crippen LogP contribution in [-0.2, 0) is 27.9 Å². The molecule has 1 aliphatic rings. The number of benzene rings is 1. The summed E-state index contributed by atoms with van der Waals surface area (Å²) in [7, 11) is -3.21. The maximum Gasteiger partial charge on any atom is 0.287 e. The molecule has 182 valence electrons. The highest BCUT2D eigenvalue weighted by Crippen LogP contribution is 2.27. The van der Waals surface area contributed by atoms with Gasteiger partial charge in [-0.25, -0.2) is 18.1 Å². The van der Waals surface area contributed by atoms with Gasteiger partial charge in [-0.15, -0.1) is 11.3 Å². The van der Waals surface area contributed by atoms with Crippen molar-refractivity contribution in [2.24, 2.45) is 5.92 Å². The van der Waals surface area contributed by atoms with Gasteiger partial charge in [0.25, 0.3) is 11.5 Å². The largest absolute Gasteiger partial charge is 0.376 e. The first kappa shape index (κ1) is 24.8. The number of carbonyl (C=O) groups is 1. The number of rotatable bonds is 9. The molecule has 2 unspecified atom stereocenters. The SMILES string of the molecule is CS(=O)(=O)NC1CCC(COCc2csc3nc(C(=O)NCc4cccc(Cl)c4)[nH]c(=O)c23)C1. The van der Waals surface area contributed by atoms with E-state index in [9.17, 15) is 18.0 Å². The number of H-pyrrole nitrogens is 1. The Morgan fingerprint density at radius 3 is 2.94 bits per heavy atom. The van der Waals surface area contributed by atoms with E-state index in [0.29, 0.717) is 27.4 Å². The first-order valence-electron chi connectivity index (χ1n) is 10.8. The van der Waals surface area contributed by atoms with Crippen LogP contribution in [0, 0.1) is 5.92 Å². The molecule has 0 bridgehead atoms. The Morgan fingerprint density at radius 1 is 1.35 bits per heavy atom. The quantitative estimate of drug-likeness (QED) is 0.394. The highest BCUT2D eigenvalue weighted by molar-refractivity contribution is 7.88. The van der Waals surface area contributed by atoms with Gasteiger partial charge in [-0.1, -0.05) is 23.7 Å². The number of amides is 1. The lowest BCUT2D eigenvalue weighted by molar-refractivity contribution is 0.0892. The number of thiophene rings is 1. The van der Waals surface area contributed by atoms with Crippen molar-refractivity contribution in [1.29, 1.82) is 0 Å². The molecule has 2 aromatic heterocycles. The van der Waals surface area contributed by atoms with Gasteiger partial charge in [0, 0.05) is 29.8 Å². The molecule has 3 aromatic rings. The summed E-state index contributed by atoms with van der Waals surface area (Å²) in [5.74, 6) is -0.275. The minimum absolute atomic E-state index is 0.0516. The van der Waals surface area contributed by atoms with Crippen molar-refractivity contribution in [3.05, 3.63) is 62.0 Å². The molecule has 0 aliphatic heterocycles. The van der Waals surface area contributed by atoms with Crippen LogP contribution in [0.1, 0.15) is 41.0 Å². The molecular formula is C22H25ClN4O5S2. The molecule has 4 rings (SSSR count). The number of carbonyl (C=O) groups excluding carboxylic acids is 1. The van der Waals surface area contributed by atoms with Crippen molar-refractivity contribution in [2.45, 2.75) is 38.5 Å². The summed E-state index contributed by atoms with van der Waals surface area (Å²) < 4.78 is 31.3. The molecule has 1 aliphatic carbocycles. The monoisotopic (exact) mass is 524 g/mol. The normalized spacial score (nSPS) is 18.4. The van der Waals surface area contributed by atoms with Crippen LogP contribution in [0.2, 0.25) is 5.02 Å². The number of aromatic nitrogens is 2. The van der Waals surface area contributed by atoms with Crippen LogP contribution in [0.5, 0.6) is 0 Å². The number of fused-ring (bicyclic) bond motifs is 1. The molecule has 3 N–H and O–H groups in total. The van der Waals surface area contributed by atoms with Crippen LogP contribution in [0.25, 0.3) is 10.2 Å². The van der Waals surface area contributed by atoms with Gasteiger partial charge in [-0.05, 0) is 48.3 Å². The molecule has 1 amide bonds. The lowest BCUT2D eigenvalue weighted by Gasteiger charge is -2.12. The van der Waals surface area contributed by atoms with Gasteiger partial charge >= 0.3 is 0 Å². The Balaban J connectivity index is 1.34. The zero-order valence-corrected chi connectivity index (χ0v) is 20.9. The first-order valence-corrected chi connectivity index (χ1v) is 13.9. The molecule has 2 atom stereocenters. The maximum atomic E-state index is 12.7. The van der Waals surface area contributed by atoms with Crippen LogP contribution in [-0.4, -0.2) is 43.2 Å². The number of hydrogen-bond acceptors (Lipinski definition) is 7. The smallest absolute Gasteiger partial charge is 0.287 e. The van der Waals surface area contributed by atoms with Gasteiger partial charge in [0.2, 0.25) is 15.8 Å². The second kappa shape index (κ2) is 10.5. The highest BCUT2D eigenvalue weighted by Gasteiger charge is 2.27. The van der Waals surface area contributed by atoms with E-state index in [1.807, 2.05) is 11.4 Å². The first-order chi connectivity index (χ1) is 16.2. The fourth-order valence-electron chi connectivity index (χ4n) is 4.11. The fraction of sp³-hybridized carbons (Fsp3) is 0.409. The van der Waals surface area contributed by atoms with Crippen molar-refractivity contribution >= 4 is 49.1 Å². The summed E-state index contributed by atoms with van der Waals surface area (Å²) >= 11 is 7.24. The van der Waals surface area contributed by atoms with Gasteiger partial charge in [0.1, 0.15) is 4.83 Å². The average molecular weight is 525 g/mol. The molecular weight excluding hydrogens is 500 g/mol. The number of nitrogens with zero attached hydrogens (tertiary/aromatic N) is 1. The van der Waals surface area contributed by atoms with Gasteiger partial charge < -0.3 is 15.0 Å². The van der Waals surface area contributed by atoms with E-state index in [0.717, 1.165) is 24.8 Å². The third-order valence-corrected chi connectivity index (χ3v) is 7.53. The molecule has 1 saturated carbocycles. The van der Waals surface area contributed by atoms with Gasteiger partial charge in [-0.2, -0.15) is 0 Å². The summed E-state index contributed by atoms with van der Waals surface area (Å²) in [6.45, 7) is 0.979. The van der Waals surface area contributed by atoms with E-state index < -0.39 is 21.5 Å². The van der Waals surface area contributed by atoms with Crippen molar-refractivity contribution in [3.8, 4) is 0 Å². The Morgan fingerprint density at radius 2 is 2.18 bits per heavy atom. The summed E-state index contributed by atoms with van der Waals surface area (Å²) in [5.41, 5.74) is 1.15. The van der Waals surface area contributed by atoms with E-state index in [1.165, 1.54) is 17.6 Å². The van der Waals surface area contributed by atoms with Crippen LogP contribution >= 0.6 is 22.9 Å². The van der Waals surface area contributed by atoms with Crippen molar-refractivity contribution in [3.63, 3.8) is 0 Å². The minimum Gasteiger partial charge on any atom is -0.376 e. The maximum absolute atomic E-state index is 12.7. The van der Waals surface area contributed by atoms with E-state index in [-0.39, 0.29) is 30.9 Å². The molecule has 12 heteroatoms. The van der Waals surface area contributed by atoms with Crippen LogP contribution in [0.4, 0.5) is 0 Å². The number of sulfonamides is 1. The zero-order valence-electron chi connectivity index (χ0n) is 18.5. The Hall–Kier alpha value is -2.31. The highest BCUT2D eigenvalue weighted by atomic mass is 35.5. The Bertz CT molecular complexity index is 1350. The van der Waals surface area contributed by atoms with Gasteiger partial charge in [0.15, 0.2) is 0 Å². The number of ether oxygens (including phenoxy) is 1. The Kier molecular flexibility index (Phi) is 7.68. The van der Waals surface area contributed by atoms with E-state index in [2.05, 4.69) is 20.0 Å². The van der Waals surface area contributed by atoms with Crippen LogP contribution in [0.15, 0.2) is 34.4 Å². The van der Waals surface area contributed by atoms with Crippen molar-refractivity contribution in [1.82, 2.24) is 20.0 Å². The standard InChI is InChI=1S/C22H25ClN4O5S2/c1-34(30,31)27-17-6-5-14(8-17)10-32-11-15-12-33-22-18(15)20(28)25-19(26-22)21(29)24-9-13-3-2-4-16(23)7-13/h2-4,7,12,14,17,27H,5-6,8-11H2,1H3,(H,24,29)(H,25,26,28). The van der Waals surface area contributed by atoms with Gasteiger partial charge in [0.05, 0.1) is 18.2 Å². The van der Waals surface area contributed by atoms with Crippen molar-refractivity contribution in [2.75, 3.05) is 12.9 Å². The minimum atomic E-state index is -3.21. The molecule has 0 spiro atoms. The molecule has 0 radical (unpaired) electrons. The third-order valence-electron chi connectivity index (χ3n) is 5.61. The molecule has 0 saturated heterocycles. The predicted molar refractivity (Wildman–Crippen MR) is 132 cm³/mol. The molecule has 9 nitrogen and oxygen atoms in total. The van der Waals surface area contributed by atoms with E-state index in [1.54, 1.807) is 18.2 Å². The van der Waals surface area contributed by atoms with E-state index >= 15 is 0 Å². The average Bonchev–Trinajstić information content (AvgIpc) is 3.38. The zero-order chi connectivity index (χ0) is 24.3. The second-order valence-electron chi connectivity index (χ2n) is 8.45. The molecule has 1 aromatic carbocycles. The summed E-state index contributed by atoms with van der Waals surface area (Å²) in [6.07, 6.45) is 3.56. The second-order valence-corrected chi connectivity index (χ2v) is 11.5. The fourth-order valence-corrected chi connectivity index (χ4v) is 6.06. The summed E-state index contributed by atoms with van der Waals surface area (Å²) in [4.78, 5) is 32.5. The van der Waals surface area contributed by atoms with Crippen LogP contribution in [0.3, 0.4) is 0 Å². The number of halogens is 1.